The third-order valence-electron chi connectivity index (χ3n) is 1.57. The van der Waals surface area contributed by atoms with Gasteiger partial charge in [-0.2, -0.15) is 13.2 Å². The van der Waals surface area contributed by atoms with Gasteiger partial charge >= 0.3 is 5.51 Å². The summed E-state index contributed by atoms with van der Waals surface area (Å²) in [5, 5.41) is 0. The molecule has 0 aliphatic heterocycles. The van der Waals surface area contributed by atoms with Crippen LogP contribution in [0.2, 0.25) is 0 Å². The fourth-order valence-corrected chi connectivity index (χ4v) is 1.67. The van der Waals surface area contributed by atoms with E-state index in [0.717, 1.165) is 5.56 Å². The monoisotopic (exact) mass is 206 g/mol. The number of benzene rings is 1. The smallest absolute Gasteiger partial charge is 0.160 e. The van der Waals surface area contributed by atoms with Crippen molar-refractivity contribution in [1.82, 2.24) is 0 Å². The van der Waals surface area contributed by atoms with Crippen molar-refractivity contribution in [1.29, 1.82) is 0 Å². The zero-order valence-electron chi connectivity index (χ0n) is 7.27. The molecule has 0 unspecified atom stereocenters. The standard InChI is InChI=1S/C9H9F3S/c1-6-3-4-7(2)8(5-6)13-9(10,11)12/h3-5H,1-2H3. The zero-order chi connectivity index (χ0) is 10.1. The molecule has 13 heavy (non-hydrogen) atoms. The number of thioether (sulfide) groups is 1. The molecule has 0 bridgehead atoms. The van der Waals surface area contributed by atoms with Crippen molar-refractivity contribution in [3.05, 3.63) is 29.3 Å². The van der Waals surface area contributed by atoms with Crippen LogP contribution in [-0.2, 0) is 0 Å². The molecule has 0 aliphatic rings. The summed E-state index contributed by atoms with van der Waals surface area (Å²) < 4.78 is 36.0. The maximum absolute atomic E-state index is 12.0. The summed E-state index contributed by atoms with van der Waals surface area (Å²) in [5.74, 6) is 0. The molecule has 0 spiro atoms. The second-order valence-corrected chi connectivity index (χ2v) is 3.92. The molecular formula is C9H9F3S. The van der Waals surface area contributed by atoms with Gasteiger partial charge in [0, 0.05) is 4.90 Å². The average molecular weight is 206 g/mol. The van der Waals surface area contributed by atoms with Crippen LogP contribution in [0.3, 0.4) is 0 Å². The highest BCUT2D eigenvalue weighted by Crippen LogP contribution is 2.38. The largest absolute Gasteiger partial charge is 0.446 e. The Morgan fingerprint density at radius 1 is 1.15 bits per heavy atom. The Balaban J connectivity index is 2.94. The van der Waals surface area contributed by atoms with E-state index in [0.29, 0.717) is 5.56 Å². The lowest BCUT2D eigenvalue weighted by Crippen LogP contribution is -2.00. The fraction of sp³-hybridized carbons (Fsp3) is 0.333. The van der Waals surface area contributed by atoms with Gasteiger partial charge in [0.05, 0.1) is 0 Å². The van der Waals surface area contributed by atoms with Gasteiger partial charge in [-0.1, -0.05) is 12.1 Å². The van der Waals surface area contributed by atoms with Gasteiger partial charge in [-0.3, -0.25) is 0 Å². The minimum atomic E-state index is -4.20. The van der Waals surface area contributed by atoms with Crippen LogP contribution in [0.15, 0.2) is 23.1 Å². The lowest BCUT2D eigenvalue weighted by atomic mass is 10.2. The highest BCUT2D eigenvalue weighted by molar-refractivity contribution is 8.00. The maximum Gasteiger partial charge on any atom is 0.446 e. The van der Waals surface area contributed by atoms with Crippen LogP contribution >= 0.6 is 11.8 Å². The normalized spacial score (nSPS) is 11.8. The molecule has 0 aliphatic carbocycles. The topological polar surface area (TPSA) is 0 Å². The Labute approximate surface area is 79.1 Å². The van der Waals surface area contributed by atoms with Crippen molar-refractivity contribution in [2.24, 2.45) is 0 Å². The number of hydrogen-bond donors (Lipinski definition) is 0. The van der Waals surface area contributed by atoms with Gasteiger partial charge in [-0.05, 0) is 42.8 Å². The molecule has 1 aromatic carbocycles. The zero-order valence-corrected chi connectivity index (χ0v) is 8.09. The van der Waals surface area contributed by atoms with E-state index < -0.39 is 5.51 Å². The van der Waals surface area contributed by atoms with E-state index in [2.05, 4.69) is 0 Å². The summed E-state index contributed by atoms with van der Waals surface area (Å²) in [6, 6.07) is 5.05. The quantitative estimate of drug-likeness (QED) is 0.627. The van der Waals surface area contributed by atoms with E-state index in [9.17, 15) is 13.2 Å². The molecule has 72 valence electrons. The van der Waals surface area contributed by atoms with Gasteiger partial charge in [-0.25, -0.2) is 0 Å². The second-order valence-electron chi connectivity index (χ2n) is 2.82. The van der Waals surface area contributed by atoms with Crippen LogP contribution < -0.4 is 0 Å². The summed E-state index contributed by atoms with van der Waals surface area (Å²) in [5.41, 5.74) is -2.69. The third kappa shape index (κ3) is 3.30. The molecule has 0 radical (unpaired) electrons. The van der Waals surface area contributed by atoms with Crippen LogP contribution in [0, 0.1) is 13.8 Å². The highest BCUT2D eigenvalue weighted by atomic mass is 32.2. The Morgan fingerprint density at radius 2 is 1.77 bits per heavy atom. The minimum absolute atomic E-state index is 0.0585. The highest BCUT2D eigenvalue weighted by Gasteiger charge is 2.29. The van der Waals surface area contributed by atoms with E-state index in [-0.39, 0.29) is 16.7 Å². The van der Waals surface area contributed by atoms with Gasteiger partial charge in [0.25, 0.3) is 0 Å². The van der Waals surface area contributed by atoms with Crippen LogP contribution in [0.4, 0.5) is 13.2 Å². The summed E-state index contributed by atoms with van der Waals surface area (Å²) in [7, 11) is 0. The molecule has 1 aromatic rings. The van der Waals surface area contributed by atoms with E-state index in [1.807, 2.05) is 0 Å². The number of halogens is 3. The molecule has 1 rings (SSSR count). The molecule has 0 nitrogen and oxygen atoms in total. The van der Waals surface area contributed by atoms with Crippen molar-refractivity contribution < 1.29 is 13.2 Å². The average Bonchev–Trinajstić information content (AvgIpc) is 1.94. The first kappa shape index (κ1) is 10.4. The number of aryl methyl sites for hydroxylation is 2. The van der Waals surface area contributed by atoms with E-state index in [1.165, 1.54) is 0 Å². The van der Waals surface area contributed by atoms with Crippen molar-refractivity contribution >= 4 is 11.8 Å². The minimum Gasteiger partial charge on any atom is -0.160 e. The molecule has 0 N–H and O–H groups in total. The molecule has 0 saturated heterocycles. The Bertz CT molecular complexity index is 304. The van der Waals surface area contributed by atoms with Gasteiger partial charge in [-0.15, -0.1) is 0 Å². The van der Waals surface area contributed by atoms with Crippen molar-refractivity contribution in [2.45, 2.75) is 24.3 Å². The van der Waals surface area contributed by atoms with Crippen molar-refractivity contribution in [2.75, 3.05) is 0 Å². The van der Waals surface area contributed by atoms with Crippen molar-refractivity contribution in [3.8, 4) is 0 Å². The molecule has 4 heteroatoms. The SMILES string of the molecule is Cc1ccc(C)c(SC(F)(F)F)c1. The van der Waals surface area contributed by atoms with E-state index in [4.69, 9.17) is 0 Å². The van der Waals surface area contributed by atoms with E-state index in [1.54, 1.807) is 32.0 Å². The molecule has 0 atom stereocenters. The molecular weight excluding hydrogens is 197 g/mol. The second kappa shape index (κ2) is 3.62. The Morgan fingerprint density at radius 3 is 2.31 bits per heavy atom. The number of rotatable bonds is 1. The van der Waals surface area contributed by atoms with Gasteiger partial charge in [0.2, 0.25) is 0 Å². The lowest BCUT2D eigenvalue weighted by Gasteiger charge is -2.08. The van der Waals surface area contributed by atoms with Crippen LogP contribution in [0.25, 0.3) is 0 Å². The van der Waals surface area contributed by atoms with Crippen LogP contribution in [0.1, 0.15) is 11.1 Å². The number of alkyl halides is 3. The molecule has 0 fully saturated rings. The Hall–Kier alpha value is -0.640. The molecule has 0 saturated carbocycles. The third-order valence-corrected chi connectivity index (χ3v) is 2.46. The molecule has 0 aromatic heterocycles. The molecule has 0 heterocycles. The summed E-state index contributed by atoms with van der Waals surface area (Å²) in [4.78, 5) is 0.285. The molecule has 0 amide bonds. The lowest BCUT2D eigenvalue weighted by molar-refractivity contribution is -0.0328. The first-order chi connectivity index (χ1) is 5.88. The van der Waals surface area contributed by atoms with E-state index >= 15 is 0 Å². The van der Waals surface area contributed by atoms with Crippen LogP contribution in [0.5, 0.6) is 0 Å². The van der Waals surface area contributed by atoms with Crippen molar-refractivity contribution in [3.63, 3.8) is 0 Å². The predicted molar refractivity (Wildman–Crippen MR) is 47.8 cm³/mol. The van der Waals surface area contributed by atoms with Crippen LogP contribution in [-0.4, -0.2) is 5.51 Å². The first-order valence-electron chi connectivity index (χ1n) is 3.71. The van der Waals surface area contributed by atoms with Gasteiger partial charge in [0.1, 0.15) is 0 Å². The maximum atomic E-state index is 12.0. The predicted octanol–water partition coefficient (Wildman–Crippen LogP) is 3.92. The fourth-order valence-electron chi connectivity index (χ4n) is 0.942. The van der Waals surface area contributed by atoms with Gasteiger partial charge in [0.15, 0.2) is 0 Å². The summed E-state index contributed by atoms with van der Waals surface area (Å²) >= 11 is -0.0585. The summed E-state index contributed by atoms with van der Waals surface area (Å²) in [6.45, 7) is 3.45. The first-order valence-corrected chi connectivity index (χ1v) is 4.53. The summed E-state index contributed by atoms with van der Waals surface area (Å²) in [6.07, 6.45) is 0. The Kier molecular flexibility index (Phi) is 2.91. The number of hydrogen-bond acceptors (Lipinski definition) is 1. The van der Waals surface area contributed by atoms with Gasteiger partial charge < -0.3 is 0 Å².